The zero-order valence-electron chi connectivity index (χ0n) is 20.8. The van der Waals surface area contributed by atoms with Crippen LogP contribution in [-0.4, -0.2) is 33.6 Å². The van der Waals surface area contributed by atoms with Gasteiger partial charge in [0.05, 0.1) is 11.7 Å². The molecule has 2 N–H and O–H groups in total. The van der Waals surface area contributed by atoms with Crippen molar-refractivity contribution in [2.75, 3.05) is 0 Å². The van der Waals surface area contributed by atoms with E-state index in [9.17, 15) is 10.2 Å². The van der Waals surface area contributed by atoms with Crippen molar-refractivity contribution in [1.29, 1.82) is 0 Å². The summed E-state index contributed by atoms with van der Waals surface area (Å²) in [4.78, 5) is 0. The normalized spacial score (nSPS) is 52.5. The zero-order valence-corrected chi connectivity index (χ0v) is 20.8. The summed E-state index contributed by atoms with van der Waals surface area (Å²) in [5.74, 6) is 3.57. The molecule has 5 aliphatic rings. The van der Waals surface area contributed by atoms with Crippen molar-refractivity contribution in [3.63, 3.8) is 0 Å². The Kier molecular flexibility index (Phi) is 5.10. The number of ether oxygens (including phenoxy) is 1. The minimum absolute atomic E-state index is 0.105. The Bertz CT molecular complexity index is 759. The lowest BCUT2D eigenvalue weighted by atomic mass is 9.45. The molecule has 10 atom stereocenters. The van der Waals surface area contributed by atoms with E-state index < -0.39 is 5.60 Å². The fourth-order valence-electron chi connectivity index (χ4n) is 8.89. The quantitative estimate of drug-likeness (QED) is 0.423. The number of rotatable bonds is 5. The van der Waals surface area contributed by atoms with Crippen molar-refractivity contribution in [1.82, 2.24) is 0 Å². The largest absolute Gasteiger partial charge is 0.393 e. The Morgan fingerprint density at radius 2 is 1.77 bits per heavy atom. The molecule has 10 unspecified atom stereocenters. The van der Waals surface area contributed by atoms with E-state index in [1.807, 2.05) is 0 Å². The first-order valence-corrected chi connectivity index (χ1v) is 13.3. The minimum Gasteiger partial charge on any atom is -0.393 e. The van der Waals surface area contributed by atoms with Crippen molar-refractivity contribution in [3.8, 4) is 0 Å². The lowest BCUT2D eigenvalue weighted by molar-refractivity contribution is -0.157. The van der Waals surface area contributed by atoms with Gasteiger partial charge in [0.2, 0.25) is 0 Å². The molecule has 1 heterocycles. The molecule has 1 saturated heterocycles. The van der Waals surface area contributed by atoms with Crippen LogP contribution in [0.5, 0.6) is 0 Å². The van der Waals surface area contributed by atoms with Crippen LogP contribution >= 0.6 is 0 Å². The summed E-state index contributed by atoms with van der Waals surface area (Å²) >= 11 is 0. The molecule has 3 heteroatoms. The second-order valence-electron chi connectivity index (χ2n) is 13.2. The standard InChI is InChI=1S/C28H46O3/c1-17(2)18(3)7-8-19(4)21-9-10-22-23-15-24-28(31-24)16-20(29)11-12-26(28,6)27(23,30)14-13-25(21,22)5/h15,17-22,24,29-30H,7-14,16H2,1-6H3. The van der Waals surface area contributed by atoms with Gasteiger partial charge < -0.3 is 14.9 Å². The second kappa shape index (κ2) is 7.06. The van der Waals surface area contributed by atoms with Gasteiger partial charge in [-0.2, -0.15) is 0 Å². The fraction of sp³-hybridized carbons (Fsp3) is 0.929. The highest BCUT2D eigenvalue weighted by molar-refractivity contribution is 5.44. The van der Waals surface area contributed by atoms with Crippen LogP contribution in [0, 0.1) is 40.4 Å². The van der Waals surface area contributed by atoms with Gasteiger partial charge in [-0.05, 0) is 79.1 Å². The monoisotopic (exact) mass is 430 g/mol. The molecule has 0 aromatic heterocycles. The van der Waals surface area contributed by atoms with Gasteiger partial charge in [0.1, 0.15) is 11.7 Å². The molecule has 3 nitrogen and oxygen atoms in total. The van der Waals surface area contributed by atoms with Crippen LogP contribution in [0.3, 0.4) is 0 Å². The molecule has 176 valence electrons. The smallest absolute Gasteiger partial charge is 0.110 e. The van der Waals surface area contributed by atoms with Crippen LogP contribution < -0.4 is 0 Å². The number of hydrogen-bond donors (Lipinski definition) is 2. The fourth-order valence-corrected chi connectivity index (χ4v) is 8.89. The maximum absolute atomic E-state index is 12.3. The van der Waals surface area contributed by atoms with E-state index in [-0.39, 0.29) is 23.2 Å². The van der Waals surface area contributed by atoms with Crippen LogP contribution in [0.15, 0.2) is 11.6 Å². The molecule has 4 fully saturated rings. The highest BCUT2D eigenvalue weighted by Crippen LogP contribution is 2.73. The summed E-state index contributed by atoms with van der Waals surface area (Å²) < 4.78 is 6.35. The minimum atomic E-state index is -0.755. The molecule has 1 aliphatic heterocycles. The second-order valence-corrected chi connectivity index (χ2v) is 13.2. The molecule has 1 spiro atoms. The van der Waals surface area contributed by atoms with Gasteiger partial charge in [-0.25, -0.2) is 0 Å². The Hall–Kier alpha value is -0.380. The van der Waals surface area contributed by atoms with Gasteiger partial charge in [-0.1, -0.05) is 60.5 Å². The van der Waals surface area contributed by atoms with Crippen molar-refractivity contribution >= 4 is 0 Å². The highest BCUT2D eigenvalue weighted by Gasteiger charge is 2.78. The Morgan fingerprint density at radius 3 is 2.48 bits per heavy atom. The summed E-state index contributed by atoms with van der Waals surface area (Å²) in [6.07, 6.45) is 11.7. The lowest BCUT2D eigenvalue weighted by Crippen LogP contribution is -2.65. The van der Waals surface area contributed by atoms with Crippen molar-refractivity contribution < 1.29 is 14.9 Å². The molecule has 4 aliphatic carbocycles. The first kappa shape index (κ1) is 22.4. The van der Waals surface area contributed by atoms with E-state index >= 15 is 0 Å². The average Bonchev–Trinajstić information content (AvgIpc) is 3.29. The SMILES string of the molecule is CC(C)C(C)CCC(C)C1CCC2C3=CC4OC45CC(O)CCC5(C)C3(O)CCC21C. The molecular formula is C28H46O3. The molecule has 3 saturated carbocycles. The van der Waals surface area contributed by atoms with Crippen LogP contribution in [0.4, 0.5) is 0 Å². The Morgan fingerprint density at radius 1 is 1.03 bits per heavy atom. The number of epoxide rings is 1. The van der Waals surface area contributed by atoms with E-state index in [4.69, 9.17) is 4.74 Å². The molecule has 31 heavy (non-hydrogen) atoms. The van der Waals surface area contributed by atoms with E-state index in [2.05, 4.69) is 47.6 Å². The van der Waals surface area contributed by atoms with Crippen LogP contribution in [0.2, 0.25) is 0 Å². The van der Waals surface area contributed by atoms with Crippen LogP contribution in [0.25, 0.3) is 0 Å². The first-order chi connectivity index (χ1) is 14.5. The van der Waals surface area contributed by atoms with Gasteiger partial charge in [0.15, 0.2) is 0 Å². The molecule has 0 radical (unpaired) electrons. The Balaban J connectivity index is 1.40. The summed E-state index contributed by atoms with van der Waals surface area (Å²) in [7, 11) is 0. The third kappa shape index (κ3) is 2.88. The average molecular weight is 431 g/mol. The van der Waals surface area contributed by atoms with Crippen molar-refractivity contribution in [3.05, 3.63) is 11.6 Å². The maximum atomic E-state index is 12.3. The maximum Gasteiger partial charge on any atom is 0.110 e. The van der Waals surface area contributed by atoms with E-state index in [1.165, 1.54) is 31.3 Å². The Labute approximate surface area is 190 Å². The van der Waals surface area contributed by atoms with E-state index in [0.29, 0.717) is 17.8 Å². The van der Waals surface area contributed by atoms with E-state index in [0.717, 1.165) is 49.4 Å². The number of fused-ring (bicyclic) bond motifs is 4. The van der Waals surface area contributed by atoms with Crippen LogP contribution in [0.1, 0.15) is 99.3 Å². The number of aliphatic hydroxyl groups is 2. The summed E-state index contributed by atoms with van der Waals surface area (Å²) in [5.41, 5.74) is 0.288. The third-order valence-corrected chi connectivity index (χ3v) is 11.6. The lowest BCUT2D eigenvalue weighted by Gasteiger charge is -2.60. The van der Waals surface area contributed by atoms with Gasteiger partial charge in [0, 0.05) is 11.8 Å². The number of aliphatic hydroxyl groups excluding tert-OH is 1. The molecule has 0 aromatic rings. The summed E-state index contributed by atoms with van der Waals surface area (Å²) in [6, 6.07) is 0. The van der Waals surface area contributed by atoms with Gasteiger partial charge in [-0.15, -0.1) is 0 Å². The molecule has 0 aromatic carbocycles. The predicted octanol–water partition coefficient (Wildman–Crippen LogP) is 5.88. The van der Waals surface area contributed by atoms with Gasteiger partial charge in [0.25, 0.3) is 0 Å². The number of hydrogen-bond acceptors (Lipinski definition) is 3. The summed E-state index contributed by atoms with van der Waals surface area (Å²) in [5, 5.41) is 22.7. The zero-order chi connectivity index (χ0) is 22.4. The van der Waals surface area contributed by atoms with E-state index in [1.54, 1.807) is 0 Å². The predicted molar refractivity (Wildman–Crippen MR) is 125 cm³/mol. The van der Waals surface area contributed by atoms with Crippen molar-refractivity contribution in [2.24, 2.45) is 40.4 Å². The molecule has 5 rings (SSSR count). The first-order valence-electron chi connectivity index (χ1n) is 13.3. The molecule has 0 amide bonds. The van der Waals surface area contributed by atoms with Gasteiger partial charge in [-0.3, -0.25) is 0 Å². The van der Waals surface area contributed by atoms with Crippen molar-refractivity contribution in [2.45, 2.75) is 123 Å². The molecular weight excluding hydrogens is 384 g/mol. The topological polar surface area (TPSA) is 53.0 Å². The third-order valence-electron chi connectivity index (χ3n) is 11.6. The molecule has 0 bridgehead atoms. The van der Waals surface area contributed by atoms with Gasteiger partial charge >= 0.3 is 0 Å². The summed E-state index contributed by atoms with van der Waals surface area (Å²) in [6.45, 7) is 14.4. The van der Waals surface area contributed by atoms with Crippen LogP contribution in [-0.2, 0) is 4.74 Å². The highest BCUT2D eigenvalue weighted by atomic mass is 16.6.